The number of imidazole rings is 1. The highest BCUT2D eigenvalue weighted by atomic mass is 15.1. The molecule has 0 atom stereocenters. The van der Waals surface area contributed by atoms with Crippen LogP contribution in [-0.2, 0) is 5.41 Å². The van der Waals surface area contributed by atoms with Gasteiger partial charge in [-0.2, -0.15) is 0 Å². The Bertz CT molecular complexity index is 2750. The van der Waals surface area contributed by atoms with Crippen LogP contribution in [0.5, 0.6) is 0 Å². The van der Waals surface area contributed by atoms with Crippen molar-refractivity contribution in [2.24, 2.45) is 0 Å². The minimum Gasteiger partial charge on any atom is -0.292 e. The lowest BCUT2D eigenvalue weighted by Gasteiger charge is -2.23. The third-order valence-electron chi connectivity index (χ3n) is 10.2. The first-order valence-corrected chi connectivity index (χ1v) is 18.3. The van der Waals surface area contributed by atoms with Gasteiger partial charge in [0.25, 0.3) is 0 Å². The molecule has 0 aliphatic rings. The number of benzene rings is 7. The Hall–Kier alpha value is -6.58. The van der Waals surface area contributed by atoms with Gasteiger partial charge in [-0.3, -0.25) is 4.57 Å². The number of nitrogens with zero attached hydrogens (tertiary/aromatic N) is 3. The summed E-state index contributed by atoms with van der Waals surface area (Å²) in [5.74, 6) is 0.900. The number of fused-ring (bicyclic) bond motifs is 2. The van der Waals surface area contributed by atoms with Crippen LogP contribution in [-0.4, -0.2) is 14.5 Å². The summed E-state index contributed by atoms with van der Waals surface area (Å²) in [5.41, 5.74) is 14.0. The molecule has 9 rings (SSSR count). The molecule has 0 bridgehead atoms. The molecule has 0 fully saturated rings. The number of para-hydroxylation sites is 1. The average Bonchev–Trinajstić information content (AvgIpc) is 3.60. The summed E-state index contributed by atoms with van der Waals surface area (Å²) in [5, 5.41) is 2.35. The fourth-order valence-electron chi connectivity index (χ4n) is 7.43. The minimum absolute atomic E-state index is 0.0119. The zero-order valence-electron chi connectivity index (χ0n) is 30.2. The van der Waals surface area contributed by atoms with Crippen LogP contribution >= 0.6 is 0 Å². The van der Waals surface area contributed by atoms with Gasteiger partial charge in [-0.05, 0) is 74.8 Å². The first-order valence-electron chi connectivity index (χ1n) is 18.3. The molecule has 0 N–H and O–H groups in total. The van der Waals surface area contributed by atoms with Crippen LogP contribution in [0.15, 0.2) is 182 Å². The quantitative estimate of drug-likeness (QED) is 0.175. The van der Waals surface area contributed by atoms with E-state index in [1.54, 1.807) is 0 Å². The Morgan fingerprint density at radius 2 is 1.06 bits per heavy atom. The number of pyridine rings is 1. The highest BCUT2D eigenvalue weighted by molar-refractivity contribution is 6.01. The highest BCUT2D eigenvalue weighted by Gasteiger charge is 2.23. The van der Waals surface area contributed by atoms with Crippen LogP contribution in [0.4, 0.5) is 0 Å². The SMILES string of the molecule is CC(C)(C)c1ccc(-n2c(-c3cccc4ccccc34)nc3c(-c4cccc(-c5cccc(-c6ccccc6)c5)n4)cccc32)c(-c2ccccc2)c1. The van der Waals surface area contributed by atoms with Gasteiger partial charge in [-0.1, -0.05) is 166 Å². The zero-order valence-corrected chi connectivity index (χ0v) is 30.2. The maximum Gasteiger partial charge on any atom is 0.146 e. The normalized spacial score (nSPS) is 11.7. The third kappa shape index (κ3) is 6.00. The number of hydrogen-bond acceptors (Lipinski definition) is 2. The first-order chi connectivity index (χ1) is 25.9. The maximum atomic E-state index is 5.57. The number of aromatic nitrogens is 3. The molecule has 254 valence electrons. The molecule has 2 heterocycles. The lowest BCUT2D eigenvalue weighted by Crippen LogP contribution is -2.12. The van der Waals surface area contributed by atoms with E-state index >= 15 is 0 Å². The summed E-state index contributed by atoms with van der Waals surface area (Å²) in [6.07, 6.45) is 0. The van der Waals surface area contributed by atoms with Gasteiger partial charge in [0.15, 0.2) is 0 Å². The second kappa shape index (κ2) is 13.2. The second-order valence-electron chi connectivity index (χ2n) is 14.7. The van der Waals surface area contributed by atoms with Gasteiger partial charge < -0.3 is 0 Å². The van der Waals surface area contributed by atoms with Crippen LogP contribution < -0.4 is 0 Å². The van der Waals surface area contributed by atoms with Gasteiger partial charge in [-0.15, -0.1) is 0 Å². The molecule has 0 aliphatic carbocycles. The third-order valence-corrected chi connectivity index (χ3v) is 10.2. The standard InChI is InChI=1S/C50H39N3/c1-50(2,3)39-30-31-46(43(33-39)36-18-8-5-9-19-36)53-47-29-14-26-42(48(47)52-49(53)41-25-13-21-35-20-10-11-24-40(35)41)45-28-15-27-44(51-45)38-23-12-22-37(32-38)34-16-6-4-7-17-34/h4-33H,1-3H3. The maximum absolute atomic E-state index is 5.57. The highest BCUT2D eigenvalue weighted by Crippen LogP contribution is 2.41. The van der Waals surface area contributed by atoms with Gasteiger partial charge >= 0.3 is 0 Å². The molecular formula is C50H39N3. The van der Waals surface area contributed by atoms with Crippen molar-refractivity contribution in [2.45, 2.75) is 26.2 Å². The van der Waals surface area contributed by atoms with Gasteiger partial charge in [-0.25, -0.2) is 9.97 Å². The van der Waals surface area contributed by atoms with Crippen molar-refractivity contribution in [3.63, 3.8) is 0 Å². The van der Waals surface area contributed by atoms with Crippen molar-refractivity contribution >= 4 is 21.8 Å². The van der Waals surface area contributed by atoms with E-state index in [4.69, 9.17) is 9.97 Å². The van der Waals surface area contributed by atoms with Gasteiger partial charge in [0.05, 0.1) is 28.1 Å². The van der Waals surface area contributed by atoms with E-state index in [0.29, 0.717) is 0 Å². The first kappa shape index (κ1) is 32.3. The molecule has 2 aromatic heterocycles. The van der Waals surface area contributed by atoms with Crippen molar-refractivity contribution in [2.75, 3.05) is 0 Å². The fraction of sp³-hybridized carbons (Fsp3) is 0.0800. The van der Waals surface area contributed by atoms with Crippen LogP contribution in [0.1, 0.15) is 26.3 Å². The van der Waals surface area contributed by atoms with Crippen molar-refractivity contribution in [3.8, 4) is 61.8 Å². The largest absolute Gasteiger partial charge is 0.292 e. The van der Waals surface area contributed by atoms with Crippen LogP contribution in [0.3, 0.4) is 0 Å². The summed E-state index contributed by atoms with van der Waals surface area (Å²) in [6, 6.07) is 64.6. The molecule has 9 aromatic rings. The second-order valence-corrected chi connectivity index (χ2v) is 14.7. The van der Waals surface area contributed by atoms with Crippen LogP contribution in [0.2, 0.25) is 0 Å². The summed E-state index contributed by atoms with van der Waals surface area (Å²) in [6.45, 7) is 6.82. The predicted molar refractivity (Wildman–Crippen MR) is 222 cm³/mol. The molecule has 0 aliphatic heterocycles. The fourth-order valence-corrected chi connectivity index (χ4v) is 7.43. The molecule has 0 saturated carbocycles. The Kier molecular flexibility index (Phi) is 8.05. The zero-order chi connectivity index (χ0) is 35.9. The lowest BCUT2D eigenvalue weighted by molar-refractivity contribution is 0.590. The Morgan fingerprint density at radius 1 is 0.434 bits per heavy atom. The Labute approximate surface area is 310 Å². The Morgan fingerprint density at radius 3 is 1.87 bits per heavy atom. The molecule has 3 heteroatoms. The molecule has 7 aromatic carbocycles. The van der Waals surface area contributed by atoms with E-state index < -0.39 is 0 Å². The molecular weight excluding hydrogens is 643 g/mol. The van der Waals surface area contributed by atoms with E-state index in [1.165, 1.54) is 38.6 Å². The molecule has 0 amide bonds. The van der Waals surface area contributed by atoms with E-state index in [2.05, 4.69) is 207 Å². The average molecular weight is 682 g/mol. The lowest BCUT2D eigenvalue weighted by atomic mass is 9.85. The number of hydrogen-bond donors (Lipinski definition) is 0. The molecule has 0 radical (unpaired) electrons. The monoisotopic (exact) mass is 681 g/mol. The molecule has 0 unspecified atom stereocenters. The van der Waals surface area contributed by atoms with Crippen molar-refractivity contribution < 1.29 is 0 Å². The van der Waals surface area contributed by atoms with Crippen molar-refractivity contribution in [3.05, 3.63) is 188 Å². The smallest absolute Gasteiger partial charge is 0.146 e. The summed E-state index contributed by atoms with van der Waals surface area (Å²) < 4.78 is 2.36. The van der Waals surface area contributed by atoms with Gasteiger partial charge in [0, 0.05) is 22.3 Å². The van der Waals surface area contributed by atoms with Gasteiger partial charge in [0.1, 0.15) is 5.82 Å². The van der Waals surface area contributed by atoms with E-state index in [9.17, 15) is 0 Å². The molecule has 3 nitrogen and oxygen atoms in total. The summed E-state index contributed by atoms with van der Waals surface area (Å²) >= 11 is 0. The number of rotatable bonds is 6. The van der Waals surface area contributed by atoms with Gasteiger partial charge in [0.2, 0.25) is 0 Å². The molecule has 0 saturated heterocycles. The minimum atomic E-state index is -0.0119. The van der Waals surface area contributed by atoms with E-state index in [0.717, 1.165) is 50.6 Å². The van der Waals surface area contributed by atoms with Crippen molar-refractivity contribution in [1.82, 2.24) is 14.5 Å². The summed E-state index contributed by atoms with van der Waals surface area (Å²) in [4.78, 5) is 10.9. The predicted octanol–water partition coefficient (Wildman–Crippen LogP) is 13.2. The summed E-state index contributed by atoms with van der Waals surface area (Å²) in [7, 11) is 0. The van der Waals surface area contributed by atoms with Crippen molar-refractivity contribution in [1.29, 1.82) is 0 Å². The van der Waals surface area contributed by atoms with E-state index in [-0.39, 0.29) is 5.41 Å². The van der Waals surface area contributed by atoms with E-state index in [1.807, 2.05) is 0 Å². The van der Waals surface area contributed by atoms with Crippen LogP contribution in [0, 0.1) is 0 Å². The Balaban J connectivity index is 1.29. The molecule has 0 spiro atoms. The topological polar surface area (TPSA) is 30.7 Å². The van der Waals surface area contributed by atoms with Crippen LogP contribution in [0.25, 0.3) is 83.6 Å². The molecule has 53 heavy (non-hydrogen) atoms.